The average Bonchev–Trinajstić information content (AvgIpc) is 2.70. The molecule has 1 aromatic heterocycles. The highest BCUT2D eigenvalue weighted by Crippen LogP contribution is 2.32. The van der Waals surface area contributed by atoms with Gasteiger partial charge in [-0.1, -0.05) is 32.6 Å². The first-order valence-electron chi connectivity index (χ1n) is 7.83. The number of hydrogen-bond acceptors (Lipinski definition) is 3. The van der Waals surface area contributed by atoms with E-state index in [1.54, 1.807) is 0 Å². The van der Waals surface area contributed by atoms with E-state index in [4.69, 9.17) is 0 Å². The maximum atomic E-state index is 4.61. The van der Waals surface area contributed by atoms with Crippen LogP contribution in [0.2, 0.25) is 0 Å². The Hall–Kier alpha value is -0.960. The summed E-state index contributed by atoms with van der Waals surface area (Å²) in [6.07, 6.45) is 13.2. The lowest BCUT2D eigenvalue weighted by molar-refractivity contribution is 0.319. The Balaban J connectivity index is 2.11. The zero-order chi connectivity index (χ0) is 13.5. The van der Waals surface area contributed by atoms with Crippen molar-refractivity contribution in [1.29, 1.82) is 0 Å². The van der Waals surface area contributed by atoms with E-state index in [0.29, 0.717) is 6.04 Å². The minimum atomic E-state index is 0.395. The van der Waals surface area contributed by atoms with Gasteiger partial charge in [-0.25, -0.2) is 0 Å². The number of rotatable bonds is 5. The molecule has 1 atom stereocenters. The summed E-state index contributed by atoms with van der Waals surface area (Å²) in [4.78, 5) is 9.04. The highest BCUT2D eigenvalue weighted by Gasteiger charge is 2.24. The quantitative estimate of drug-likeness (QED) is 0.819. The summed E-state index contributed by atoms with van der Waals surface area (Å²) in [5.41, 5.74) is 2.13. The largest absolute Gasteiger partial charge is 0.308 e. The molecule has 106 valence electrons. The summed E-state index contributed by atoms with van der Waals surface area (Å²) < 4.78 is 0. The van der Waals surface area contributed by atoms with Crippen LogP contribution in [0.4, 0.5) is 0 Å². The van der Waals surface area contributed by atoms with Gasteiger partial charge >= 0.3 is 0 Å². The Kier molecular flexibility index (Phi) is 5.77. The van der Waals surface area contributed by atoms with Crippen LogP contribution in [0.5, 0.6) is 0 Å². The van der Waals surface area contributed by atoms with Crippen molar-refractivity contribution in [1.82, 2.24) is 15.3 Å². The number of nitrogens with one attached hydrogen (secondary N) is 1. The van der Waals surface area contributed by atoms with Crippen molar-refractivity contribution in [3.63, 3.8) is 0 Å². The van der Waals surface area contributed by atoms with Gasteiger partial charge < -0.3 is 5.32 Å². The molecule has 1 aliphatic carbocycles. The molecule has 1 saturated carbocycles. The molecule has 1 N–H and O–H groups in total. The first-order chi connectivity index (χ1) is 9.31. The maximum absolute atomic E-state index is 4.61. The van der Waals surface area contributed by atoms with E-state index < -0.39 is 0 Å². The molecule has 0 amide bonds. The summed E-state index contributed by atoms with van der Waals surface area (Å²) in [6.45, 7) is 5.28. The van der Waals surface area contributed by atoms with Gasteiger partial charge in [0, 0.05) is 6.20 Å². The van der Waals surface area contributed by atoms with Crippen LogP contribution in [-0.4, -0.2) is 16.5 Å². The lowest BCUT2D eigenvalue weighted by Gasteiger charge is -2.26. The predicted molar refractivity (Wildman–Crippen MR) is 79.0 cm³/mol. The SMILES string of the molecule is CCCNC(c1cnc(C)cn1)C1CCCCCC1. The van der Waals surface area contributed by atoms with E-state index >= 15 is 0 Å². The van der Waals surface area contributed by atoms with Crippen LogP contribution in [0, 0.1) is 12.8 Å². The molecule has 1 fully saturated rings. The fourth-order valence-electron chi connectivity index (χ4n) is 3.02. The minimum Gasteiger partial charge on any atom is -0.308 e. The van der Waals surface area contributed by atoms with Crippen molar-refractivity contribution in [3.05, 3.63) is 23.8 Å². The molecule has 0 aliphatic heterocycles. The van der Waals surface area contributed by atoms with E-state index in [-0.39, 0.29) is 0 Å². The molecule has 0 bridgehead atoms. The second kappa shape index (κ2) is 7.59. The van der Waals surface area contributed by atoms with Crippen LogP contribution in [0.15, 0.2) is 12.4 Å². The lowest BCUT2D eigenvalue weighted by Crippen LogP contribution is -2.30. The fourth-order valence-corrected chi connectivity index (χ4v) is 3.02. The first kappa shape index (κ1) is 14.4. The molecule has 0 aromatic carbocycles. The molecule has 0 saturated heterocycles. The summed E-state index contributed by atoms with van der Waals surface area (Å²) in [7, 11) is 0. The number of aromatic nitrogens is 2. The molecule has 19 heavy (non-hydrogen) atoms. The van der Waals surface area contributed by atoms with Crippen LogP contribution in [0.1, 0.15) is 69.3 Å². The van der Waals surface area contributed by atoms with Gasteiger partial charge in [0.15, 0.2) is 0 Å². The third kappa shape index (κ3) is 4.27. The normalized spacial score (nSPS) is 19.1. The highest BCUT2D eigenvalue weighted by molar-refractivity contribution is 5.07. The number of nitrogens with zero attached hydrogens (tertiary/aromatic N) is 2. The van der Waals surface area contributed by atoms with Gasteiger partial charge in [-0.05, 0) is 38.6 Å². The third-order valence-corrected chi connectivity index (χ3v) is 4.11. The molecule has 2 rings (SSSR count). The Labute approximate surface area is 117 Å². The van der Waals surface area contributed by atoms with Crippen LogP contribution in [0.25, 0.3) is 0 Å². The Morgan fingerprint density at radius 3 is 2.47 bits per heavy atom. The van der Waals surface area contributed by atoms with Crippen molar-refractivity contribution < 1.29 is 0 Å². The third-order valence-electron chi connectivity index (χ3n) is 4.11. The summed E-state index contributed by atoms with van der Waals surface area (Å²) >= 11 is 0. The second-order valence-corrected chi connectivity index (χ2v) is 5.77. The second-order valence-electron chi connectivity index (χ2n) is 5.77. The van der Waals surface area contributed by atoms with Crippen LogP contribution >= 0.6 is 0 Å². The molecule has 1 aliphatic rings. The van der Waals surface area contributed by atoms with E-state index in [0.717, 1.165) is 23.9 Å². The molecule has 0 spiro atoms. The summed E-state index contributed by atoms with van der Waals surface area (Å²) in [5.74, 6) is 0.728. The highest BCUT2D eigenvalue weighted by atomic mass is 15.0. The molecule has 0 radical (unpaired) electrons. The van der Waals surface area contributed by atoms with Gasteiger partial charge in [0.2, 0.25) is 0 Å². The lowest BCUT2D eigenvalue weighted by atomic mass is 9.89. The van der Waals surface area contributed by atoms with Crippen molar-refractivity contribution in [2.45, 2.75) is 64.8 Å². The van der Waals surface area contributed by atoms with E-state index in [1.807, 2.05) is 19.3 Å². The van der Waals surface area contributed by atoms with Gasteiger partial charge in [0.25, 0.3) is 0 Å². The standard InChI is InChI=1S/C16H27N3/c1-3-10-17-16(14-8-6-4-5-7-9-14)15-12-18-13(2)11-19-15/h11-12,14,16-17H,3-10H2,1-2H3. The van der Waals surface area contributed by atoms with Gasteiger partial charge in [-0.15, -0.1) is 0 Å². The van der Waals surface area contributed by atoms with Crippen LogP contribution < -0.4 is 5.32 Å². The van der Waals surface area contributed by atoms with Gasteiger partial charge in [0.05, 0.1) is 23.6 Å². The van der Waals surface area contributed by atoms with Gasteiger partial charge in [0.1, 0.15) is 0 Å². The van der Waals surface area contributed by atoms with Crippen molar-refractivity contribution in [2.75, 3.05) is 6.54 Å². The van der Waals surface area contributed by atoms with Crippen molar-refractivity contribution >= 4 is 0 Å². The topological polar surface area (TPSA) is 37.8 Å². The monoisotopic (exact) mass is 261 g/mol. The number of aryl methyl sites for hydroxylation is 1. The van der Waals surface area contributed by atoms with E-state index in [1.165, 1.54) is 44.9 Å². The molecular weight excluding hydrogens is 234 g/mol. The van der Waals surface area contributed by atoms with E-state index in [9.17, 15) is 0 Å². The van der Waals surface area contributed by atoms with E-state index in [2.05, 4.69) is 22.2 Å². The van der Waals surface area contributed by atoms with Crippen molar-refractivity contribution in [3.8, 4) is 0 Å². The minimum absolute atomic E-state index is 0.395. The maximum Gasteiger partial charge on any atom is 0.0759 e. The van der Waals surface area contributed by atoms with Crippen LogP contribution in [-0.2, 0) is 0 Å². The molecule has 1 unspecified atom stereocenters. The molecule has 1 aromatic rings. The average molecular weight is 261 g/mol. The Bertz CT molecular complexity index is 353. The number of hydrogen-bond donors (Lipinski definition) is 1. The van der Waals surface area contributed by atoms with Gasteiger partial charge in [-0.2, -0.15) is 0 Å². The summed E-state index contributed by atoms with van der Waals surface area (Å²) in [6, 6.07) is 0.395. The Morgan fingerprint density at radius 2 is 1.89 bits per heavy atom. The smallest absolute Gasteiger partial charge is 0.0759 e. The van der Waals surface area contributed by atoms with Crippen molar-refractivity contribution in [2.24, 2.45) is 5.92 Å². The molecular formula is C16H27N3. The molecule has 1 heterocycles. The summed E-state index contributed by atoms with van der Waals surface area (Å²) in [5, 5.41) is 3.70. The predicted octanol–water partition coefficient (Wildman–Crippen LogP) is 3.80. The first-order valence-corrected chi connectivity index (χ1v) is 7.83. The Morgan fingerprint density at radius 1 is 1.16 bits per heavy atom. The van der Waals surface area contributed by atoms with Gasteiger partial charge in [-0.3, -0.25) is 9.97 Å². The van der Waals surface area contributed by atoms with Crippen LogP contribution in [0.3, 0.4) is 0 Å². The zero-order valence-electron chi connectivity index (χ0n) is 12.4. The molecule has 3 nitrogen and oxygen atoms in total. The zero-order valence-corrected chi connectivity index (χ0v) is 12.4. The fraction of sp³-hybridized carbons (Fsp3) is 0.750. The molecule has 3 heteroatoms.